The summed E-state index contributed by atoms with van der Waals surface area (Å²) in [5.41, 5.74) is 1.85. The van der Waals surface area contributed by atoms with Gasteiger partial charge in [-0.15, -0.1) is 11.3 Å². The predicted molar refractivity (Wildman–Crippen MR) is 62.8 cm³/mol. The van der Waals surface area contributed by atoms with Gasteiger partial charge in [-0.2, -0.15) is 0 Å². The van der Waals surface area contributed by atoms with Crippen LogP contribution in [0.5, 0.6) is 0 Å². The number of furan rings is 1. The molecule has 1 aliphatic rings. The number of thiophene rings is 1. The highest BCUT2D eigenvalue weighted by molar-refractivity contribution is 7.09. The van der Waals surface area contributed by atoms with Crippen LogP contribution in [0.25, 0.3) is 0 Å². The van der Waals surface area contributed by atoms with Crippen LogP contribution >= 0.6 is 11.3 Å². The molecule has 2 aromatic rings. The number of hydrogen-bond acceptors (Lipinski definition) is 4. The van der Waals surface area contributed by atoms with E-state index < -0.39 is 0 Å². The second kappa shape index (κ2) is 3.68. The van der Waals surface area contributed by atoms with Crippen LogP contribution in [-0.2, 0) is 11.2 Å². The Morgan fingerprint density at radius 3 is 3.06 bits per heavy atom. The lowest BCUT2D eigenvalue weighted by atomic mass is 10.1. The van der Waals surface area contributed by atoms with Gasteiger partial charge in [0.2, 0.25) is 5.91 Å². The zero-order valence-electron chi connectivity index (χ0n) is 8.40. The first-order valence-electron chi connectivity index (χ1n) is 4.99. The molecule has 0 spiro atoms. The molecule has 1 atom stereocenters. The van der Waals surface area contributed by atoms with Crippen molar-refractivity contribution in [3.05, 3.63) is 34.9 Å². The quantitative estimate of drug-likeness (QED) is 0.838. The molecule has 1 aliphatic heterocycles. The summed E-state index contributed by atoms with van der Waals surface area (Å²) in [5, 5.41) is 9.98. The van der Waals surface area contributed by atoms with E-state index in [4.69, 9.17) is 4.42 Å². The van der Waals surface area contributed by atoms with E-state index in [1.807, 2.05) is 22.9 Å². The van der Waals surface area contributed by atoms with E-state index in [1.54, 1.807) is 17.6 Å². The van der Waals surface area contributed by atoms with Gasteiger partial charge in [0.15, 0.2) is 0 Å². The van der Waals surface area contributed by atoms with Crippen LogP contribution in [0.15, 0.2) is 33.6 Å². The molecule has 0 aliphatic carbocycles. The summed E-state index contributed by atoms with van der Waals surface area (Å²) in [7, 11) is 0. The normalized spacial score (nSPS) is 18.8. The van der Waals surface area contributed by atoms with Gasteiger partial charge in [0.25, 0.3) is 0 Å². The first kappa shape index (κ1) is 9.47. The van der Waals surface area contributed by atoms with Crippen LogP contribution in [0.4, 0.5) is 11.4 Å². The van der Waals surface area contributed by atoms with E-state index in [0.717, 1.165) is 17.1 Å². The van der Waals surface area contributed by atoms with Crippen molar-refractivity contribution in [2.45, 2.75) is 12.5 Å². The summed E-state index contributed by atoms with van der Waals surface area (Å²) in [6.45, 7) is 0. The number of rotatable bonds is 2. The average Bonchev–Trinajstić information content (AvgIpc) is 2.89. The molecule has 4 nitrogen and oxygen atoms in total. The summed E-state index contributed by atoms with van der Waals surface area (Å²) in [6, 6.07) is 3.44. The third-order valence-electron chi connectivity index (χ3n) is 2.55. The maximum atomic E-state index is 11.8. The number of carbonyl (C=O) groups excluding carboxylic acids is 1. The Balaban J connectivity index is 1.80. The third kappa shape index (κ3) is 1.59. The number of hydrogen-bond donors (Lipinski definition) is 2. The molecule has 0 radical (unpaired) electrons. The predicted octanol–water partition coefficient (Wildman–Crippen LogP) is 2.32. The highest BCUT2D eigenvalue weighted by atomic mass is 32.1. The summed E-state index contributed by atoms with van der Waals surface area (Å²) in [5.74, 6) is 0.800. The van der Waals surface area contributed by atoms with Gasteiger partial charge >= 0.3 is 0 Å². The summed E-state index contributed by atoms with van der Waals surface area (Å²) < 4.78 is 5.24. The van der Waals surface area contributed by atoms with Gasteiger partial charge in [0, 0.05) is 17.2 Å². The molecule has 0 fully saturated rings. The number of carbonyl (C=O) groups is 1. The van der Waals surface area contributed by atoms with Crippen molar-refractivity contribution in [1.82, 2.24) is 0 Å². The zero-order chi connectivity index (χ0) is 11.0. The average molecular weight is 234 g/mol. The first-order chi connectivity index (χ1) is 7.83. The van der Waals surface area contributed by atoms with Crippen molar-refractivity contribution in [2.24, 2.45) is 0 Å². The largest absolute Gasteiger partial charge is 0.469 e. The van der Waals surface area contributed by atoms with Crippen molar-refractivity contribution >= 4 is 28.6 Å². The Labute approximate surface area is 96.3 Å². The first-order valence-corrected chi connectivity index (χ1v) is 5.93. The van der Waals surface area contributed by atoms with Crippen LogP contribution in [0.1, 0.15) is 5.76 Å². The summed E-state index contributed by atoms with van der Waals surface area (Å²) >= 11 is 1.57. The molecule has 1 amide bonds. The summed E-state index contributed by atoms with van der Waals surface area (Å²) in [4.78, 5) is 11.8. The molecule has 0 saturated heterocycles. The molecule has 5 heteroatoms. The van der Waals surface area contributed by atoms with Crippen LogP contribution < -0.4 is 10.6 Å². The maximum Gasteiger partial charge on any atom is 0.247 e. The van der Waals surface area contributed by atoms with Crippen molar-refractivity contribution < 1.29 is 9.21 Å². The number of anilines is 2. The van der Waals surface area contributed by atoms with E-state index in [0.29, 0.717) is 6.42 Å². The minimum absolute atomic E-state index is 0.0118. The SMILES string of the molecule is O=C1Nc2cscc2NC1Cc1ccco1. The lowest BCUT2D eigenvalue weighted by Gasteiger charge is -2.23. The molecule has 3 rings (SSSR count). The lowest BCUT2D eigenvalue weighted by molar-refractivity contribution is -0.117. The Bertz CT molecular complexity index is 504. The van der Waals surface area contributed by atoms with Gasteiger partial charge in [0.05, 0.1) is 17.6 Å². The number of fused-ring (bicyclic) bond motifs is 1. The molecule has 3 heterocycles. The van der Waals surface area contributed by atoms with E-state index in [-0.39, 0.29) is 11.9 Å². The monoisotopic (exact) mass is 234 g/mol. The second-order valence-corrected chi connectivity index (χ2v) is 4.41. The fourth-order valence-electron chi connectivity index (χ4n) is 1.75. The van der Waals surface area contributed by atoms with Gasteiger partial charge in [-0.25, -0.2) is 0 Å². The molecule has 16 heavy (non-hydrogen) atoms. The second-order valence-electron chi connectivity index (χ2n) is 3.67. The van der Waals surface area contributed by atoms with Crippen molar-refractivity contribution in [2.75, 3.05) is 10.6 Å². The molecule has 1 unspecified atom stereocenters. The van der Waals surface area contributed by atoms with Crippen molar-refractivity contribution in [1.29, 1.82) is 0 Å². The topological polar surface area (TPSA) is 54.3 Å². The third-order valence-corrected chi connectivity index (χ3v) is 3.30. The van der Waals surface area contributed by atoms with Crippen molar-refractivity contribution in [3.8, 4) is 0 Å². The maximum absolute atomic E-state index is 11.8. The van der Waals surface area contributed by atoms with Crippen LogP contribution in [0.2, 0.25) is 0 Å². The van der Waals surface area contributed by atoms with Gasteiger partial charge in [-0.3, -0.25) is 4.79 Å². The highest BCUT2D eigenvalue weighted by Gasteiger charge is 2.26. The molecule has 82 valence electrons. The van der Waals surface area contributed by atoms with Gasteiger partial charge < -0.3 is 15.1 Å². The Kier molecular flexibility index (Phi) is 2.18. The summed E-state index contributed by atoms with van der Waals surface area (Å²) in [6.07, 6.45) is 2.18. The van der Waals surface area contributed by atoms with Crippen molar-refractivity contribution in [3.63, 3.8) is 0 Å². The van der Waals surface area contributed by atoms with Gasteiger partial charge in [-0.05, 0) is 12.1 Å². The molecule has 0 saturated carbocycles. The molecule has 0 aromatic carbocycles. The van der Waals surface area contributed by atoms with E-state index >= 15 is 0 Å². The van der Waals surface area contributed by atoms with Crippen LogP contribution in [-0.4, -0.2) is 11.9 Å². The van der Waals surface area contributed by atoms with Gasteiger partial charge in [0.1, 0.15) is 11.8 Å². The molecular weight excluding hydrogens is 224 g/mol. The standard InChI is InChI=1S/C11H10N2O2S/c14-11-8(4-7-2-1-3-15-7)12-9-5-16-6-10(9)13-11/h1-3,5-6,8,12H,4H2,(H,13,14). The molecular formula is C11H10N2O2S. The Hall–Kier alpha value is -1.75. The molecule has 2 N–H and O–H groups in total. The number of amides is 1. The molecule has 0 bridgehead atoms. The number of nitrogens with one attached hydrogen (secondary N) is 2. The van der Waals surface area contributed by atoms with Crippen LogP contribution in [0.3, 0.4) is 0 Å². The zero-order valence-corrected chi connectivity index (χ0v) is 9.21. The fraction of sp³-hybridized carbons (Fsp3) is 0.182. The minimum atomic E-state index is -0.256. The fourth-order valence-corrected chi connectivity index (χ4v) is 2.47. The Morgan fingerprint density at radius 1 is 1.38 bits per heavy atom. The molecule has 2 aromatic heterocycles. The highest BCUT2D eigenvalue weighted by Crippen LogP contribution is 2.31. The smallest absolute Gasteiger partial charge is 0.247 e. The van der Waals surface area contributed by atoms with E-state index in [1.165, 1.54) is 0 Å². The van der Waals surface area contributed by atoms with E-state index in [9.17, 15) is 4.79 Å². The minimum Gasteiger partial charge on any atom is -0.469 e. The van der Waals surface area contributed by atoms with E-state index in [2.05, 4.69) is 10.6 Å². The Morgan fingerprint density at radius 2 is 2.25 bits per heavy atom. The lowest BCUT2D eigenvalue weighted by Crippen LogP contribution is -2.39. The van der Waals surface area contributed by atoms with Crippen LogP contribution in [0, 0.1) is 0 Å². The van der Waals surface area contributed by atoms with Gasteiger partial charge in [-0.1, -0.05) is 0 Å².